The topological polar surface area (TPSA) is 37.3 Å². The fraction of sp³-hybridized carbons (Fsp3) is 0.500. The second kappa shape index (κ2) is 6.93. The zero-order valence-electron chi connectivity index (χ0n) is 11.3. The summed E-state index contributed by atoms with van der Waals surface area (Å²) in [5.41, 5.74) is -5.53. The van der Waals surface area contributed by atoms with E-state index in [4.69, 9.17) is 5.11 Å². The summed E-state index contributed by atoms with van der Waals surface area (Å²) in [6, 6.07) is 5.03. The third kappa shape index (κ3) is 3.26. The van der Waals surface area contributed by atoms with E-state index < -0.39 is 35.5 Å². The number of rotatable bonds is 8. The molecule has 0 spiro atoms. The molecule has 0 aliphatic carbocycles. The van der Waals surface area contributed by atoms with E-state index in [1.54, 1.807) is 0 Å². The lowest BCUT2D eigenvalue weighted by Gasteiger charge is -2.35. The third-order valence-electron chi connectivity index (χ3n) is 3.23. The standard InChI is InChI=1S/C14H14BrF5O2/c15-9-5-4-8-12(16,17)14(19,20)13(18,11(21)22)10-6-2-1-3-7-10/h1-3,6-7H,4-5,8-9H2,(H,21,22). The monoisotopic (exact) mass is 388 g/mol. The predicted molar refractivity (Wildman–Crippen MR) is 74.4 cm³/mol. The maximum absolute atomic E-state index is 14.6. The normalized spacial score (nSPS) is 15.4. The fourth-order valence-corrected chi connectivity index (χ4v) is 2.35. The van der Waals surface area contributed by atoms with Crippen molar-refractivity contribution in [2.24, 2.45) is 0 Å². The van der Waals surface area contributed by atoms with Gasteiger partial charge in [0.2, 0.25) is 0 Å². The molecular weight excluding hydrogens is 375 g/mol. The second-order valence-electron chi connectivity index (χ2n) is 4.75. The van der Waals surface area contributed by atoms with E-state index in [1.165, 1.54) is 6.07 Å². The quantitative estimate of drug-likeness (QED) is 0.395. The van der Waals surface area contributed by atoms with Crippen LogP contribution in [0.5, 0.6) is 0 Å². The Balaban J connectivity index is 3.26. The van der Waals surface area contributed by atoms with Gasteiger partial charge in [-0.05, 0) is 12.8 Å². The number of hydrogen-bond donors (Lipinski definition) is 1. The van der Waals surface area contributed by atoms with Crippen molar-refractivity contribution in [2.45, 2.75) is 36.8 Å². The summed E-state index contributed by atoms with van der Waals surface area (Å²) in [7, 11) is 0. The van der Waals surface area contributed by atoms with Crippen LogP contribution >= 0.6 is 15.9 Å². The van der Waals surface area contributed by atoms with Crippen LogP contribution in [0.4, 0.5) is 22.0 Å². The van der Waals surface area contributed by atoms with Gasteiger partial charge in [-0.1, -0.05) is 46.3 Å². The van der Waals surface area contributed by atoms with E-state index in [9.17, 15) is 26.7 Å². The molecule has 124 valence electrons. The molecule has 0 amide bonds. The van der Waals surface area contributed by atoms with E-state index in [2.05, 4.69) is 15.9 Å². The van der Waals surface area contributed by atoms with E-state index in [0.29, 0.717) is 5.33 Å². The van der Waals surface area contributed by atoms with Crippen LogP contribution in [-0.4, -0.2) is 28.3 Å². The van der Waals surface area contributed by atoms with Crippen LogP contribution in [0.3, 0.4) is 0 Å². The Hall–Kier alpha value is -1.18. The van der Waals surface area contributed by atoms with Crippen LogP contribution in [0.1, 0.15) is 24.8 Å². The number of carbonyl (C=O) groups is 1. The molecule has 8 heteroatoms. The highest BCUT2D eigenvalue weighted by Crippen LogP contribution is 2.52. The molecule has 1 N–H and O–H groups in total. The van der Waals surface area contributed by atoms with Crippen molar-refractivity contribution in [2.75, 3.05) is 5.33 Å². The van der Waals surface area contributed by atoms with Crippen LogP contribution in [0.15, 0.2) is 30.3 Å². The first-order valence-corrected chi connectivity index (χ1v) is 7.53. The van der Waals surface area contributed by atoms with Crippen LogP contribution < -0.4 is 0 Å². The lowest BCUT2D eigenvalue weighted by Crippen LogP contribution is -2.58. The average molecular weight is 389 g/mol. The third-order valence-corrected chi connectivity index (χ3v) is 3.79. The minimum atomic E-state index is -5.39. The molecular formula is C14H14BrF5O2. The smallest absolute Gasteiger partial charge is 0.358 e. The summed E-state index contributed by atoms with van der Waals surface area (Å²) in [6.07, 6.45) is -1.42. The van der Waals surface area contributed by atoms with Crippen molar-refractivity contribution in [1.82, 2.24) is 0 Å². The van der Waals surface area contributed by atoms with Gasteiger partial charge in [-0.15, -0.1) is 0 Å². The number of hydrogen-bond acceptors (Lipinski definition) is 1. The zero-order valence-corrected chi connectivity index (χ0v) is 12.9. The van der Waals surface area contributed by atoms with E-state index in [-0.39, 0.29) is 12.8 Å². The number of alkyl halides is 6. The van der Waals surface area contributed by atoms with Crippen molar-refractivity contribution >= 4 is 21.9 Å². The van der Waals surface area contributed by atoms with Gasteiger partial charge >= 0.3 is 23.5 Å². The maximum Gasteiger partial charge on any atom is 0.358 e. The van der Waals surface area contributed by atoms with Crippen LogP contribution in [-0.2, 0) is 10.5 Å². The van der Waals surface area contributed by atoms with Gasteiger partial charge in [0.25, 0.3) is 0 Å². The molecule has 0 radical (unpaired) electrons. The molecule has 0 aliphatic heterocycles. The number of unbranched alkanes of at least 4 members (excludes halogenated alkanes) is 1. The second-order valence-corrected chi connectivity index (χ2v) is 5.55. The van der Waals surface area contributed by atoms with Crippen molar-refractivity contribution < 1.29 is 31.9 Å². The molecule has 0 heterocycles. The van der Waals surface area contributed by atoms with E-state index in [1.807, 2.05) is 0 Å². The minimum Gasteiger partial charge on any atom is -0.478 e. The fourth-order valence-electron chi connectivity index (χ4n) is 1.96. The number of carboxylic acids is 1. The van der Waals surface area contributed by atoms with Crippen LogP contribution in [0.2, 0.25) is 0 Å². The highest BCUT2D eigenvalue weighted by Gasteiger charge is 2.73. The molecule has 1 rings (SSSR count). The first-order chi connectivity index (χ1) is 10.1. The van der Waals surface area contributed by atoms with Gasteiger partial charge in [-0.3, -0.25) is 0 Å². The lowest BCUT2D eigenvalue weighted by atomic mass is 9.84. The Kier molecular flexibility index (Phi) is 5.95. The van der Waals surface area contributed by atoms with Gasteiger partial charge in [-0.2, -0.15) is 17.6 Å². The van der Waals surface area contributed by atoms with E-state index >= 15 is 0 Å². The highest BCUT2D eigenvalue weighted by atomic mass is 79.9. The summed E-state index contributed by atoms with van der Waals surface area (Å²) in [5, 5.41) is 9.19. The van der Waals surface area contributed by atoms with Gasteiger partial charge in [0.05, 0.1) is 0 Å². The first-order valence-electron chi connectivity index (χ1n) is 6.40. The van der Waals surface area contributed by atoms with Crippen molar-refractivity contribution in [1.29, 1.82) is 0 Å². The summed E-state index contributed by atoms with van der Waals surface area (Å²) in [4.78, 5) is 11.0. The Morgan fingerprint density at radius 3 is 2.05 bits per heavy atom. The molecule has 0 bridgehead atoms. The molecule has 0 saturated carbocycles. The SMILES string of the molecule is O=C(O)C(F)(c1ccccc1)C(F)(F)C(F)(F)CCCCBr. The molecule has 1 unspecified atom stereocenters. The zero-order chi connectivity index (χ0) is 17.0. The first kappa shape index (κ1) is 18.9. The molecule has 22 heavy (non-hydrogen) atoms. The number of halogens is 6. The Bertz CT molecular complexity index is 509. The molecule has 2 nitrogen and oxygen atoms in total. The number of aliphatic carboxylic acids is 1. The molecule has 0 saturated heterocycles. The molecule has 1 aromatic rings. The summed E-state index contributed by atoms with van der Waals surface area (Å²) < 4.78 is 70.4. The Morgan fingerprint density at radius 2 is 1.59 bits per heavy atom. The van der Waals surface area contributed by atoms with Gasteiger partial charge in [-0.25, -0.2) is 9.18 Å². The van der Waals surface area contributed by atoms with Crippen molar-refractivity contribution in [3.05, 3.63) is 35.9 Å². The van der Waals surface area contributed by atoms with Crippen LogP contribution in [0, 0.1) is 0 Å². The summed E-state index contributed by atoms with van der Waals surface area (Å²) >= 11 is 2.97. The van der Waals surface area contributed by atoms with Crippen molar-refractivity contribution in [3.63, 3.8) is 0 Å². The number of carboxylic acid groups (broad SMARTS) is 1. The van der Waals surface area contributed by atoms with Crippen molar-refractivity contribution in [3.8, 4) is 0 Å². The molecule has 1 aromatic carbocycles. The maximum atomic E-state index is 14.6. The highest BCUT2D eigenvalue weighted by molar-refractivity contribution is 9.09. The van der Waals surface area contributed by atoms with Gasteiger partial charge < -0.3 is 5.11 Å². The van der Waals surface area contributed by atoms with Gasteiger partial charge in [0.15, 0.2) is 0 Å². The van der Waals surface area contributed by atoms with Gasteiger partial charge in [0, 0.05) is 17.3 Å². The van der Waals surface area contributed by atoms with E-state index in [0.717, 1.165) is 24.3 Å². The molecule has 0 fully saturated rings. The molecule has 0 aromatic heterocycles. The van der Waals surface area contributed by atoms with Gasteiger partial charge in [0.1, 0.15) is 0 Å². The van der Waals surface area contributed by atoms with Crippen LogP contribution in [0.25, 0.3) is 0 Å². The summed E-state index contributed by atoms with van der Waals surface area (Å²) in [5.74, 6) is -12.8. The summed E-state index contributed by atoms with van der Waals surface area (Å²) in [6.45, 7) is 0. The Labute approximate surface area is 132 Å². The number of benzene rings is 1. The molecule has 0 aliphatic rings. The Morgan fingerprint density at radius 1 is 1.05 bits per heavy atom. The lowest BCUT2D eigenvalue weighted by molar-refractivity contribution is -0.277. The predicted octanol–water partition coefficient (Wildman–Crippen LogP) is 4.77. The molecule has 1 atom stereocenters. The largest absolute Gasteiger partial charge is 0.478 e. The average Bonchev–Trinajstić information content (AvgIpc) is 2.46. The minimum absolute atomic E-state index is 0.184.